The van der Waals surface area contributed by atoms with Crippen molar-refractivity contribution in [2.45, 2.75) is 46.1 Å². The number of benzene rings is 1. The smallest absolute Gasteiger partial charge is 0.00914 e. The molecule has 102 valence electrons. The zero-order chi connectivity index (χ0) is 13.4. The zero-order valence-corrected chi connectivity index (χ0v) is 12.2. The van der Waals surface area contributed by atoms with Crippen molar-refractivity contribution in [2.24, 2.45) is 5.73 Å². The number of hydrogen-bond donors (Lipinski definition) is 1. The van der Waals surface area contributed by atoms with Gasteiger partial charge >= 0.3 is 0 Å². The van der Waals surface area contributed by atoms with E-state index in [0.29, 0.717) is 0 Å². The molecule has 0 aliphatic carbocycles. The lowest BCUT2D eigenvalue weighted by Gasteiger charge is -2.20. The molecule has 1 aromatic carbocycles. The van der Waals surface area contributed by atoms with Gasteiger partial charge in [0.25, 0.3) is 0 Å². The first-order valence-electron chi connectivity index (χ1n) is 7.25. The predicted octanol–water partition coefficient (Wildman–Crippen LogP) is 2.85. The maximum absolute atomic E-state index is 6.21. The molecule has 0 spiro atoms. The third kappa shape index (κ3) is 5.19. The van der Waals surface area contributed by atoms with Gasteiger partial charge in [0.1, 0.15) is 0 Å². The van der Waals surface area contributed by atoms with Crippen LogP contribution in [0, 0.1) is 0 Å². The maximum Gasteiger partial charge on any atom is 0.00914 e. The third-order valence-electron chi connectivity index (χ3n) is 3.64. The molecule has 0 saturated heterocycles. The molecule has 1 rings (SSSR count). The standard InChI is InChI=1S/C16H28N2/c1-4-14-7-9-15(10-8-14)13-16(17)11-12-18(5-2)6-3/h7-10,16H,4-6,11-13,17H2,1-3H3. The molecule has 0 amide bonds. The molecule has 0 heterocycles. The number of aryl methyl sites for hydroxylation is 1. The van der Waals surface area contributed by atoms with Gasteiger partial charge in [0.05, 0.1) is 0 Å². The molecule has 2 nitrogen and oxygen atoms in total. The predicted molar refractivity (Wildman–Crippen MR) is 79.9 cm³/mol. The molecule has 2 N–H and O–H groups in total. The van der Waals surface area contributed by atoms with Crippen LogP contribution in [-0.4, -0.2) is 30.6 Å². The largest absolute Gasteiger partial charge is 0.327 e. The van der Waals surface area contributed by atoms with Crippen molar-refractivity contribution in [3.05, 3.63) is 35.4 Å². The van der Waals surface area contributed by atoms with Gasteiger partial charge in [0.15, 0.2) is 0 Å². The third-order valence-corrected chi connectivity index (χ3v) is 3.64. The summed E-state index contributed by atoms with van der Waals surface area (Å²) in [6.07, 6.45) is 3.18. The van der Waals surface area contributed by atoms with Crippen molar-refractivity contribution in [1.82, 2.24) is 4.90 Å². The molecule has 1 atom stereocenters. The lowest BCUT2D eigenvalue weighted by atomic mass is 10.0. The summed E-state index contributed by atoms with van der Waals surface area (Å²) in [5.41, 5.74) is 8.97. The van der Waals surface area contributed by atoms with Crippen molar-refractivity contribution in [1.29, 1.82) is 0 Å². The zero-order valence-electron chi connectivity index (χ0n) is 12.2. The van der Waals surface area contributed by atoms with Crippen molar-refractivity contribution >= 4 is 0 Å². The fourth-order valence-electron chi connectivity index (χ4n) is 2.20. The quantitative estimate of drug-likeness (QED) is 0.766. The van der Waals surface area contributed by atoms with E-state index < -0.39 is 0 Å². The van der Waals surface area contributed by atoms with Gasteiger partial charge in [-0.25, -0.2) is 0 Å². The minimum Gasteiger partial charge on any atom is -0.327 e. The summed E-state index contributed by atoms with van der Waals surface area (Å²) in [7, 11) is 0. The van der Waals surface area contributed by atoms with Crippen molar-refractivity contribution in [3.63, 3.8) is 0 Å². The molecule has 18 heavy (non-hydrogen) atoms. The topological polar surface area (TPSA) is 29.3 Å². The second-order valence-corrected chi connectivity index (χ2v) is 4.95. The van der Waals surface area contributed by atoms with Gasteiger partial charge in [-0.2, -0.15) is 0 Å². The first-order valence-corrected chi connectivity index (χ1v) is 7.25. The van der Waals surface area contributed by atoms with Crippen LogP contribution in [0.25, 0.3) is 0 Å². The Labute approximate surface area is 112 Å². The van der Waals surface area contributed by atoms with Gasteiger partial charge in [-0.1, -0.05) is 45.0 Å². The van der Waals surface area contributed by atoms with Crippen LogP contribution in [0.1, 0.15) is 38.3 Å². The summed E-state index contributed by atoms with van der Waals surface area (Å²) in [5.74, 6) is 0. The highest BCUT2D eigenvalue weighted by Crippen LogP contribution is 2.08. The van der Waals surface area contributed by atoms with E-state index in [1.165, 1.54) is 11.1 Å². The lowest BCUT2D eigenvalue weighted by molar-refractivity contribution is 0.290. The second kappa shape index (κ2) is 8.28. The maximum atomic E-state index is 6.21. The van der Waals surface area contributed by atoms with E-state index in [1.807, 2.05) is 0 Å². The van der Waals surface area contributed by atoms with Crippen LogP contribution in [0.15, 0.2) is 24.3 Å². The van der Waals surface area contributed by atoms with Gasteiger partial charge < -0.3 is 10.6 Å². The van der Waals surface area contributed by atoms with Crippen LogP contribution in [-0.2, 0) is 12.8 Å². The van der Waals surface area contributed by atoms with E-state index in [1.54, 1.807) is 0 Å². The number of nitrogens with zero attached hydrogens (tertiary/aromatic N) is 1. The van der Waals surface area contributed by atoms with E-state index in [-0.39, 0.29) is 6.04 Å². The SMILES string of the molecule is CCc1ccc(CC(N)CCN(CC)CC)cc1. The summed E-state index contributed by atoms with van der Waals surface area (Å²) >= 11 is 0. The van der Waals surface area contributed by atoms with E-state index >= 15 is 0 Å². The molecule has 0 saturated carbocycles. The van der Waals surface area contributed by atoms with Crippen LogP contribution in [0.4, 0.5) is 0 Å². The van der Waals surface area contributed by atoms with Crippen LogP contribution < -0.4 is 5.73 Å². The van der Waals surface area contributed by atoms with Gasteiger partial charge in [0.2, 0.25) is 0 Å². The first kappa shape index (κ1) is 15.2. The van der Waals surface area contributed by atoms with E-state index in [9.17, 15) is 0 Å². The monoisotopic (exact) mass is 248 g/mol. The Balaban J connectivity index is 2.36. The highest BCUT2D eigenvalue weighted by Gasteiger charge is 2.06. The number of rotatable bonds is 8. The van der Waals surface area contributed by atoms with Gasteiger partial charge in [-0.15, -0.1) is 0 Å². The Morgan fingerprint density at radius 2 is 1.56 bits per heavy atom. The summed E-state index contributed by atoms with van der Waals surface area (Å²) in [6, 6.07) is 9.14. The van der Waals surface area contributed by atoms with Crippen LogP contribution in [0.3, 0.4) is 0 Å². The first-order chi connectivity index (χ1) is 8.69. The average Bonchev–Trinajstić information content (AvgIpc) is 2.41. The Kier molecular flexibility index (Phi) is 6.99. The van der Waals surface area contributed by atoms with Gasteiger partial charge in [-0.3, -0.25) is 0 Å². The van der Waals surface area contributed by atoms with Crippen molar-refractivity contribution in [3.8, 4) is 0 Å². The molecule has 0 aliphatic heterocycles. The summed E-state index contributed by atoms with van der Waals surface area (Å²) in [6.45, 7) is 9.95. The van der Waals surface area contributed by atoms with Gasteiger partial charge in [-0.05, 0) is 50.0 Å². The van der Waals surface area contributed by atoms with Crippen LogP contribution in [0.5, 0.6) is 0 Å². The Morgan fingerprint density at radius 3 is 2.06 bits per heavy atom. The lowest BCUT2D eigenvalue weighted by Crippen LogP contribution is -2.31. The molecule has 0 bridgehead atoms. The minimum atomic E-state index is 0.276. The van der Waals surface area contributed by atoms with Crippen LogP contribution in [0.2, 0.25) is 0 Å². The fourth-order valence-corrected chi connectivity index (χ4v) is 2.20. The van der Waals surface area contributed by atoms with Crippen molar-refractivity contribution < 1.29 is 0 Å². The summed E-state index contributed by atoms with van der Waals surface area (Å²) < 4.78 is 0. The summed E-state index contributed by atoms with van der Waals surface area (Å²) in [4.78, 5) is 2.43. The molecule has 0 radical (unpaired) electrons. The van der Waals surface area contributed by atoms with Gasteiger partial charge in [0, 0.05) is 6.04 Å². The molecule has 1 aromatic rings. The Morgan fingerprint density at radius 1 is 1.00 bits per heavy atom. The molecule has 0 aliphatic rings. The van der Waals surface area contributed by atoms with Crippen LogP contribution >= 0.6 is 0 Å². The fraction of sp³-hybridized carbons (Fsp3) is 0.625. The molecular weight excluding hydrogens is 220 g/mol. The highest BCUT2D eigenvalue weighted by molar-refractivity contribution is 5.23. The molecule has 2 heteroatoms. The van der Waals surface area contributed by atoms with E-state index in [4.69, 9.17) is 5.73 Å². The molecule has 1 unspecified atom stereocenters. The van der Waals surface area contributed by atoms with E-state index in [0.717, 1.165) is 38.9 Å². The number of hydrogen-bond acceptors (Lipinski definition) is 2. The molecule has 0 aromatic heterocycles. The molecular formula is C16H28N2. The van der Waals surface area contributed by atoms with Crippen molar-refractivity contribution in [2.75, 3.05) is 19.6 Å². The average molecular weight is 248 g/mol. The van der Waals surface area contributed by atoms with E-state index in [2.05, 4.69) is 49.9 Å². The molecule has 0 fully saturated rings. The number of nitrogens with two attached hydrogens (primary N) is 1. The minimum absolute atomic E-state index is 0.276. The Bertz CT molecular complexity index is 314. The normalized spacial score (nSPS) is 12.9. The highest BCUT2D eigenvalue weighted by atomic mass is 15.1. The Hall–Kier alpha value is -0.860. The summed E-state index contributed by atoms with van der Waals surface area (Å²) in [5, 5.41) is 0. The second-order valence-electron chi connectivity index (χ2n) is 4.95.